The largest absolute Gasteiger partial charge is 0.480 e. The number of amides is 1. The molecule has 2 aliphatic rings. The van der Waals surface area contributed by atoms with E-state index in [1.165, 1.54) is 4.90 Å². The van der Waals surface area contributed by atoms with Gasteiger partial charge in [0, 0.05) is 19.6 Å². The molecule has 84 valence electrons. The van der Waals surface area contributed by atoms with Crippen molar-refractivity contribution < 1.29 is 14.7 Å². The van der Waals surface area contributed by atoms with E-state index in [0.29, 0.717) is 25.6 Å². The summed E-state index contributed by atoms with van der Waals surface area (Å²) in [6.45, 7) is 1.87. The monoisotopic (exact) mass is 212 g/mol. The molecule has 0 bridgehead atoms. The Balaban J connectivity index is 1.89. The number of carbonyl (C=O) groups excluding carboxylic acids is 1. The maximum Gasteiger partial charge on any atom is 0.323 e. The Bertz CT molecular complexity index is 272. The van der Waals surface area contributed by atoms with E-state index in [9.17, 15) is 9.59 Å². The Morgan fingerprint density at radius 3 is 2.40 bits per heavy atom. The van der Waals surface area contributed by atoms with Crippen LogP contribution in [-0.2, 0) is 9.59 Å². The Kier molecular flexibility index (Phi) is 2.90. The molecule has 1 saturated heterocycles. The molecule has 0 radical (unpaired) electrons. The second-order valence-electron chi connectivity index (χ2n) is 4.41. The maximum atomic E-state index is 11.8. The lowest BCUT2D eigenvalue weighted by molar-refractivity contribution is -0.147. The third-order valence-electron chi connectivity index (χ3n) is 2.94. The lowest BCUT2D eigenvalue weighted by Crippen LogP contribution is -2.53. The van der Waals surface area contributed by atoms with Crippen molar-refractivity contribution in [3.8, 4) is 0 Å². The third-order valence-corrected chi connectivity index (χ3v) is 2.94. The van der Waals surface area contributed by atoms with Gasteiger partial charge < -0.3 is 15.3 Å². The van der Waals surface area contributed by atoms with Crippen molar-refractivity contribution in [2.24, 2.45) is 11.8 Å². The Labute approximate surface area is 88.4 Å². The first-order chi connectivity index (χ1) is 7.16. The van der Waals surface area contributed by atoms with Crippen LogP contribution in [0, 0.1) is 11.8 Å². The SMILES string of the molecule is O=C(O)CN(CC1CC1)C(=O)C1CNC1. The minimum atomic E-state index is -0.920. The topological polar surface area (TPSA) is 69.6 Å². The van der Waals surface area contributed by atoms with Gasteiger partial charge >= 0.3 is 5.97 Å². The van der Waals surface area contributed by atoms with Gasteiger partial charge in [-0.15, -0.1) is 0 Å². The lowest BCUT2D eigenvalue weighted by Gasteiger charge is -2.31. The lowest BCUT2D eigenvalue weighted by atomic mass is 10.0. The predicted octanol–water partition coefficient (Wildman–Crippen LogP) is -0.471. The maximum absolute atomic E-state index is 11.8. The number of carbonyl (C=O) groups is 2. The number of nitrogens with zero attached hydrogens (tertiary/aromatic N) is 1. The number of nitrogens with one attached hydrogen (secondary N) is 1. The fraction of sp³-hybridized carbons (Fsp3) is 0.800. The number of carboxylic acids is 1. The Morgan fingerprint density at radius 2 is 2.00 bits per heavy atom. The van der Waals surface area contributed by atoms with Crippen LogP contribution >= 0.6 is 0 Å². The molecule has 5 nitrogen and oxygen atoms in total. The Morgan fingerprint density at radius 1 is 1.33 bits per heavy atom. The first kappa shape index (κ1) is 10.4. The van der Waals surface area contributed by atoms with E-state index >= 15 is 0 Å². The summed E-state index contributed by atoms with van der Waals surface area (Å²) in [6, 6.07) is 0. The zero-order valence-electron chi connectivity index (χ0n) is 8.61. The van der Waals surface area contributed by atoms with Gasteiger partial charge in [-0.3, -0.25) is 9.59 Å². The summed E-state index contributed by atoms with van der Waals surface area (Å²) in [4.78, 5) is 24.0. The Hall–Kier alpha value is -1.10. The number of hydrogen-bond acceptors (Lipinski definition) is 3. The van der Waals surface area contributed by atoms with Gasteiger partial charge in [-0.25, -0.2) is 0 Å². The molecule has 15 heavy (non-hydrogen) atoms. The van der Waals surface area contributed by atoms with Gasteiger partial charge in [0.15, 0.2) is 0 Å². The summed E-state index contributed by atoms with van der Waals surface area (Å²) in [6.07, 6.45) is 2.26. The summed E-state index contributed by atoms with van der Waals surface area (Å²) in [5, 5.41) is 11.8. The summed E-state index contributed by atoms with van der Waals surface area (Å²) in [5.74, 6) is -0.372. The number of carboxylic acid groups (broad SMARTS) is 1. The van der Waals surface area contributed by atoms with Crippen molar-refractivity contribution >= 4 is 11.9 Å². The van der Waals surface area contributed by atoms with Crippen LogP contribution in [0.15, 0.2) is 0 Å². The molecule has 1 saturated carbocycles. The van der Waals surface area contributed by atoms with Crippen molar-refractivity contribution in [1.29, 1.82) is 0 Å². The molecule has 2 N–H and O–H groups in total. The van der Waals surface area contributed by atoms with Crippen LogP contribution in [0.4, 0.5) is 0 Å². The van der Waals surface area contributed by atoms with Crippen molar-refractivity contribution in [2.45, 2.75) is 12.8 Å². The van der Waals surface area contributed by atoms with Gasteiger partial charge in [0.2, 0.25) is 5.91 Å². The van der Waals surface area contributed by atoms with Crippen LogP contribution in [0.1, 0.15) is 12.8 Å². The van der Waals surface area contributed by atoms with Crippen LogP contribution in [0.25, 0.3) is 0 Å². The summed E-state index contributed by atoms with van der Waals surface area (Å²) in [7, 11) is 0. The van der Waals surface area contributed by atoms with E-state index in [-0.39, 0.29) is 18.4 Å². The molecule has 2 fully saturated rings. The van der Waals surface area contributed by atoms with Crippen molar-refractivity contribution in [2.75, 3.05) is 26.2 Å². The molecule has 0 aromatic rings. The molecule has 5 heteroatoms. The molecule has 1 amide bonds. The molecule has 0 spiro atoms. The number of hydrogen-bond donors (Lipinski definition) is 2. The summed E-state index contributed by atoms with van der Waals surface area (Å²) < 4.78 is 0. The molecule has 1 aliphatic carbocycles. The van der Waals surface area contributed by atoms with Gasteiger partial charge in [0.1, 0.15) is 6.54 Å². The zero-order chi connectivity index (χ0) is 10.8. The molecular formula is C10H16N2O3. The minimum absolute atomic E-state index is 0.00282. The number of rotatable bonds is 5. The van der Waals surface area contributed by atoms with E-state index in [1.807, 2.05) is 0 Å². The van der Waals surface area contributed by atoms with Crippen molar-refractivity contribution in [3.05, 3.63) is 0 Å². The van der Waals surface area contributed by atoms with Gasteiger partial charge in [-0.1, -0.05) is 0 Å². The van der Waals surface area contributed by atoms with E-state index < -0.39 is 5.97 Å². The zero-order valence-corrected chi connectivity index (χ0v) is 8.61. The van der Waals surface area contributed by atoms with Gasteiger partial charge in [-0.05, 0) is 18.8 Å². The second-order valence-corrected chi connectivity index (χ2v) is 4.41. The fourth-order valence-corrected chi connectivity index (χ4v) is 1.73. The summed E-state index contributed by atoms with van der Waals surface area (Å²) in [5.41, 5.74) is 0. The quantitative estimate of drug-likeness (QED) is 0.646. The molecule has 0 unspecified atom stereocenters. The van der Waals surface area contributed by atoms with Gasteiger partial charge in [-0.2, -0.15) is 0 Å². The highest BCUT2D eigenvalue weighted by Crippen LogP contribution is 2.30. The van der Waals surface area contributed by atoms with Crippen LogP contribution in [0.3, 0.4) is 0 Å². The summed E-state index contributed by atoms with van der Waals surface area (Å²) >= 11 is 0. The highest BCUT2D eigenvalue weighted by atomic mass is 16.4. The second kappa shape index (κ2) is 4.18. The predicted molar refractivity (Wildman–Crippen MR) is 53.3 cm³/mol. The smallest absolute Gasteiger partial charge is 0.323 e. The normalized spacial score (nSPS) is 20.8. The van der Waals surface area contributed by atoms with Crippen LogP contribution < -0.4 is 5.32 Å². The van der Waals surface area contributed by atoms with E-state index in [4.69, 9.17) is 5.11 Å². The molecule has 2 rings (SSSR count). The van der Waals surface area contributed by atoms with E-state index in [2.05, 4.69) is 5.32 Å². The fourth-order valence-electron chi connectivity index (χ4n) is 1.73. The third kappa shape index (κ3) is 2.68. The molecular weight excluding hydrogens is 196 g/mol. The highest BCUT2D eigenvalue weighted by molar-refractivity contribution is 5.84. The van der Waals surface area contributed by atoms with Crippen molar-refractivity contribution in [3.63, 3.8) is 0 Å². The van der Waals surface area contributed by atoms with Crippen LogP contribution in [0.5, 0.6) is 0 Å². The van der Waals surface area contributed by atoms with E-state index in [0.717, 1.165) is 12.8 Å². The van der Waals surface area contributed by atoms with E-state index in [1.54, 1.807) is 0 Å². The average Bonchev–Trinajstić information content (AvgIpc) is 2.82. The van der Waals surface area contributed by atoms with Gasteiger partial charge in [0.05, 0.1) is 5.92 Å². The van der Waals surface area contributed by atoms with Gasteiger partial charge in [0.25, 0.3) is 0 Å². The minimum Gasteiger partial charge on any atom is -0.480 e. The van der Waals surface area contributed by atoms with Crippen molar-refractivity contribution in [1.82, 2.24) is 10.2 Å². The standard InChI is InChI=1S/C10H16N2O3/c13-9(14)6-12(5-7-1-2-7)10(15)8-3-11-4-8/h7-8,11H,1-6H2,(H,13,14). The first-order valence-corrected chi connectivity index (χ1v) is 5.38. The highest BCUT2D eigenvalue weighted by Gasteiger charge is 2.33. The number of aliphatic carboxylic acids is 1. The van der Waals surface area contributed by atoms with Crippen LogP contribution in [-0.4, -0.2) is 48.1 Å². The average molecular weight is 212 g/mol. The molecule has 0 atom stereocenters. The first-order valence-electron chi connectivity index (χ1n) is 5.38. The molecule has 1 heterocycles. The molecule has 0 aromatic heterocycles. The van der Waals surface area contributed by atoms with Crippen LogP contribution in [0.2, 0.25) is 0 Å². The molecule has 1 aliphatic heterocycles. The molecule has 0 aromatic carbocycles.